The Labute approximate surface area is 123 Å². The van der Waals surface area contributed by atoms with Gasteiger partial charge >= 0.3 is 0 Å². The number of aryl methyl sites for hydroxylation is 2. The fraction of sp³-hybridized carbons (Fsp3) is 0.167. The molecule has 0 amide bonds. The molecule has 0 aliphatic rings. The van der Waals surface area contributed by atoms with Crippen molar-refractivity contribution in [3.8, 4) is 0 Å². The van der Waals surface area contributed by atoms with Crippen molar-refractivity contribution in [1.82, 2.24) is 9.97 Å². The number of benzene rings is 1. The molecule has 3 rings (SSSR count). The summed E-state index contributed by atoms with van der Waals surface area (Å²) in [4.78, 5) is 21.2. The number of Topliss-reactive ketones (excluding diaryl/α,β-unsaturated/α-hetero) is 1. The molecule has 2 aromatic heterocycles. The third kappa shape index (κ3) is 2.82. The monoisotopic (exact) mass is 276 g/mol. The predicted octanol–water partition coefficient (Wildman–Crippen LogP) is 3.67. The van der Waals surface area contributed by atoms with E-state index in [0.717, 1.165) is 27.7 Å². The Hall–Kier alpha value is -2.55. The molecule has 3 aromatic rings. The van der Waals surface area contributed by atoms with Gasteiger partial charge in [-0.1, -0.05) is 30.3 Å². The summed E-state index contributed by atoms with van der Waals surface area (Å²) in [6.07, 6.45) is 2.01. The largest absolute Gasteiger partial charge is 0.292 e. The standard InChI is InChI=1S/C18H16N2O/c1-12-9-13(2)18(19-11-12)17(21)10-15-8-7-14-5-3-4-6-16(14)20-15/h3-9,11H,10H2,1-2H3. The number of fused-ring (bicyclic) bond motifs is 1. The first-order chi connectivity index (χ1) is 10.1. The van der Waals surface area contributed by atoms with Gasteiger partial charge in [0.1, 0.15) is 5.69 Å². The maximum Gasteiger partial charge on any atom is 0.187 e. The number of carbonyl (C=O) groups excluding carboxylic acids is 1. The molecule has 104 valence electrons. The highest BCUT2D eigenvalue weighted by Crippen LogP contribution is 2.14. The van der Waals surface area contributed by atoms with Crippen LogP contribution in [0.4, 0.5) is 0 Å². The maximum absolute atomic E-state index is 12.4. The van der Waals surface area contributed by atoms with E-state index in [1.54, 1.807) is 6.20 Å². The Balaban J connectivity index is 1.89. The van der Waals surface area contributed by atoms with Crippen molar-refractivity contribution in [2.75, 3.05) is 0 Å². The molecule has 0 unspecified atom stereocenters. The summed E-state index contributed by atoms with van der Waals surface area (Å²) in [5.74, 6) is 0.00952. The van der Waals surface area contributed by atoms with Gasteiger partial charge in [0.05, 0.1) is 11.9 Å². The smallest absolute Gasteiger partial charge is 0.187 e. The summed E-state index contributed by atoms with van der Waals surface area (Å²) in [7, 11) is 0. The SMILES string of the molecule is Cc1cnc(C(=O)Cc2ccc3ccccc3n2)c(C)c1. The average molecular weight is 276 g/mol. The van der Waals surface area contributed by atoms with Gasteiger partial charge in [-0.2, -0.15) is 0 Å². The van der Waals surface area contributed by atoms with E-state index in [4.69, 9.17) is 0 Å². The van der Waals surface area contributed by atoms with Crippen LogP contribution in [0.25, 0.3) is 10.9 Å². The quantitative estimate of drug-likeness (QED) is 0.685. The molecule has 0 aliphatic carbocycles. The van der Waals surface area contributed by atoms with Crippen molar-refractivity contribution in [3.63, 3.8) is 0 Å². The summed E-state index contributed by atoms with van der Waals surface area (Å²) in [5, 5.41) is 1.08. The molecule has 21 heavy (non-hydrogen) atoms. The van der Waals surface area contributed by atoms with E-state index in [1.807, 2.05) is 56.3 Å². The van der Waals surface area contributed by atoms with Crippen molar-refractivity contribution >= 4 is 16.7 Å². The Kier molecular flexibility index (Phi) is 3.48. The van der Waals surface area contributed by atoms with Crippen molar-refractivity contribution < 1.29 is 4.79 Å². The molecular formula is C18H16N2O. The Morgan fingerprint density at radius 2 is 1.90 bits per heavy atom. The molecule has 1 aromatic carbocycles. The number of pyridine rings is 2. The number of rotatable bonds is 3. The van der Waals surface area contributed by atoms with Crippen LogP contribution in [0.5, 0.6) is 0 Å². The zero-order valence-corrected chi connectivity index (χ0v) is 12.1. The van der Waals surface area contributed by atoms with Crippen LogP contribution in [-0.2, 0) is 6.42 Å². The Morgan fingerprint density at radius 1 is 1.10 bits per heavy atom. The zero-order chi connectivity index (χ0) is 14.8. The minimum atomic E-state index is 0.00952. The van der Waals surface area contributed by atoms with Crippen LogP contribution in [-0.4, -0.2) is 15.8 Å². The van der Waals surface area contributed by atoms with E-state index in [1.165, 1.54) is 0 Å². The first-order valence-electron chi connectivity index (χ1n) is 6.94. The van der Waals surface area contributed by atoms with Crippen LogP contribution in [0.1, 0.15) is 27.3 Å². The number of hydrogen-bond acceptors (Lipinski definition) is 3. The predicted molar refractivity (Wildman–Crippen MR) is 83.5 cm³/mol. The van der Waals surface area contributed by atoms with Gasteiger partial charge in [0, 0.05) is 17.3 Å². The molecule has 2 heterocycles. The highest BCUT2D eigenvalue weighted by molar-refractivity contribution is 5.97. The van der Waals surface area contributed by atoms with Gasteiger partial charge in [-0.3, -0.25) is 14.8 Å². The van der Waals surface area contributed by atoms with Crippen LogP contribution in [0.2, 0.25) is 0 Å². The van der Waals surface area contributed by atoms with Crippen LogP contribution >= 0.6 is 0 Å². The lowest BCUT2D eigenvalue weighted by Gasteiger charge is -2.05. The van der Waals surface area contributed by atoms with Gasteiger partial charge in [-0.25, -0.2) is 0 Å². The normalized spacial score (nSPS) is 10.8. The van der Waals surface area contributed by atoms with Crippen molar-refractivity contribution in [1.29, 1.82) is 0 Å². The van der Waals surface area contributed by atoms with Gasteiger partial charge in [0.15, 0.2) is 5.78 Å². The minimum absolute atomic E-state index is 0.00952. The van der Waals surface area contributed by atoms with Gasteiger partial charge < -0.3 is 0 Å². The van der Waals surface area contributed by atoms with E-state index >= 15 is 0 Å². The molecule has 0 saturated heterocycles. The van der Waals surface area contributed by atoms with Gasteiger partial charge in [-0.15, -0.1) is 0 Å². The molecule has 0 radical (unpaired) electrons. The zero-order valence-electron chi connectivity index (χ0n) is 12.1. The van der Waals surface area contributed by atoms with E-state index in [2.05, 4.69) is 9.97 Å². The number of nitrogens with zero attached hydrogens (tertiary/aromatic N) is 2. The highest BCUT2D eigenvalue weighted by Gasteiger charge is 2.12. The second-order valence-electron chi connectivity index (χ2n) is 5.27. The lowest BCUT2D eigenvalue weighted by atomic mass is 10.1. The Morgan fingerprint density at radius 3 is 2.71 bits per heavy atom. The van der Waals surface area contributed by atoms with Crippen molar-refractivity contribution in [2.24, 2.45) is 0 Å². The molecule has 3 heteroatoms. The van der Waals surface area contributed by atoms with E-state index in [0.29, 0.717) is 5.69 Å². The van der Waals surface area contributed by atoms with Gasteiger partial charge in [0.25, 0.3) is 0 Å². The van der Waals surface area contributed by atoms with Crippen LogP contribution in [0.15, 0.2) is 48.7 Å². The van der Waals surface area contributed by atoms with Crippen LogP contribution in [0.3, 0.4) is 0 Å². The third-order valence-electron chi connectivity index (χ3n) is 3.48. The molecule has 0 N–H and O–H groups in total. The number of hydrogen-bond donors (Lipinski definition) is 0. The summed E-state index contributed by atoms with van der Waals surface area (Å²) in [6.45, 7) is 3.89. The molecule has 0 spiro atoms. The maximum atomic E-state index is 12.4. The summed E-state index contributed by atoms with van der Waals surface area (Å²) in [5.41, 5.74) is 4.21. The first-order valence-corrected chi connectivity index (χ1v) is 6.94. The molecular weight excluding hydrogens is 260 g/mol. The number of carbonyl (C=O) groups is 1. The third-order valence-corrected chi connectivity index (χ3v) is 3.48. The molecule has 0 bridgehead atoms. The minimum Gasteiger partial charge on any atom is -0.292 e. The highest BCUT2D eigenvalue weighted by atomic mass is 16.1. The van der Waals surface area contributed by atoms with Gasteiger partial charge in [0.2, 0.25) is 0 Å². The van der Waals surface area contributed by atoms with E-state index in [-0.39, 0.29) is 12.2 Å². The number of ketones is 1. The van der Waals surface area contributed by atoms with Crippen molar-refractivity contribution in [2.45, 2.75) is 20.3 Å². The molecule has 3 nitrogen and oxygen atoms in total. The second-order valence-corrected chi connectivity index (χ2v) is 5.27. The fourth-order valence-electron chi connectivity index (χ4n) is 2.46. The molecule has 0 saturated carbocycles. The average Bonchev–Trinajstić information content (AvgIpc) is 2.47. The fourth-order valence-corrected chi connectivity index (χ4v) is 2.46. The summed E-state index contributed by atoms with van der Waals surface area (Å²) >= 11 is 0. The molecule has 0 atom stereocenters. The lowest BCUT2D eigenvalue weighted by Crippen LogP contribution is -2.09. The second kappa shape index (κ2) is 5.44. The Bertz CT molecular complexity index is 824. The van der Waals surface area contributed by atoms with Crippen LogP contribution in [0, 0.1) is 13.8 Å². The molecule has 0 aliphatic heterocycles. The van der Waals surface area contributed by atoms with Gasteiger partial charge in [-0.05, 0) is 37.1 Å². The summed E-state index contributed by atoms with van der Waals surface area (Å²) < 4.78 is 0. The first kappa shape index (κ1) is 13.4. The van der Waals surface area contributed by atoms with E-state index < -0.39 is 0 Å². The van der Waals surface area contributed by atoms with E-state index in [9.17, 15) is 4.79 Å². The number of para-hydroxylation sites is 1. The van der Waals surface area contributed by atoms with Crippen LogP contribution < -0.4 is 0 Å². The van der Waals surface area contributed by atoms with Crippen molar-refractivity contribution in [3.05, 3.63) is 71.2 Å². The molecule has 0 fully saturated rings. The topological polar surface area (TPSA) is 42.9 Å². The lowest BCUT2D eigenvalue weighted by molar-refractivity contribution is 0.0986. The summed E-state index contributed by atoms with van der Waals surface area (Å²) in [6, 6.07) is 13.8. The number of aromatic nitrogens is 2.